The Hall–Kier alpha value is -2.44. The highest BCUT2D eigenvalue weighted by atomic mass is 15.3. The van der Waals surface area contributed by atoms with Crippen LogP contribution in [0.3, 0.4) is 0 Å². The average molecular weight is 283 g/mol. The zero-order valence-corrected chi connectivity index (χ0v) is 12.1. The average Bonchev–Trinajstić information content (AvgIpc) is 3.19. The quantitative estimate of drug-likeness (QED) is 0.712. The van der Waals surface area contributed by atoms with Gasteiger partial charge in [-0.1, -0.05) is 0 Å². The molecule has 4 rings (SSSR count). The summed E-state index contributed by atoms with van der Waals surface area (Å²) in [4.78, 5) is 11.2. The third kappa shape index (κ3) is 1.88. The van der Waals surface area contributed by atoms with Crippen molar-refractivity contribution in [1.29, 1.82) is 0 Å². The molecule has 7 nitrogen and oxygen atoms in total. The molecule has 108 valence electrons. The van der Waals surface area contributed by atoms with E-state index in [1.165, 1.54) is 5.56 Å². The summed E-state index contributed by atoms with van der Waals surface area (Å²) in [5, 5.41) is 9.61. The van der Waals surface area contributed by atoms with Gasteiger partial charge in [-0.3, -0.25) is 9.36 Å². The van der Waals surface area contributed by atoms with E-state index in [2.05, 4.69) is 31.3 Å². The van der Waals surface area contributed by atoms with Crippen LogP contribution in [0.2, 0.25) is 0 Å². The molecule has 0 saturated carbocycles. The molecule has 0 aliphatic carbocycles. The molecule has 0 bridgehead atoms. The van der Waals surface area contributed by atoms with Crippen LogP contribution in [0, 0.1) is 0 Å². The predicted octanol–water partition coefficient (Wildman–Crippen LogP) is 1.44. The molecule has 0 radical (unpaired) electrons. The van der Waals surface area contributed by atoms with E-state index in [0.29, 0.717) is 6.04 Å². The molecule has 1 aliphatic rings. The lowest BCUT2D eigenvalue weighted by atomic mass is 10.1. The molecule has 4 heterocycles. The van der Waals surface area contributed by atoms with E-state index in [1.807, 2.05) is 31.2 Å². The van der Waals surface area contributed by atoms with Gasteiger partial charge in [-0.05, 0) is 12.8 Å². The van der Waals surface area contributed by atoms with Gasteiger partial charge in [-0.25, -0.2) is 9.97 Å². The molecule has 1 atom stereocenters. The molecule has 1 aliphatic heterocycles. The lowest BCUT2D eigenvalue weighted by Crippen LogP contribution is -2.23. The fourth-order valence-electron chi connectivity index (χ4n) is 3.16. The van der Waals surface area contributed by atoms with Gasteiger partial charge in [0.2, 0.25) is 0 Å². The van der Waals surface area contributed by atoms with Gasteiger partial charge in [0.05, 0.1) is 23.8 Å². The summed E-state index contributed by atoms with van der Waals surface area (Å²) >= 11 is 0. The first kappa shape index (κ1) is 12.3. The molecule has 21 heavy (non-hydrogen) atoms. The van der Waals surface area contributed by atoms with Crippen LogP contribution < -0.4 is 4.90 Å². The summed E-state index contributed by atoms with van der Waals surface area (Å²) in [5.41, 5.74) is 2.11. The summed E-state index contributed by atoms with van der Waals surface area (Å²) in [6.07, 6.45) is 9.79. The number of hydrogen-bond donors (Lipinski definition) is 0. The number of aryl methyl sites for hydroxylation is 2. The van der Waals surface area contributed by atoms with Crippen LogP contribution in [0.15, 0.2) is 24.9 Å². The van der Waals surface area contributed by atoms with Crippen molar-refractivity contribution >= 4 is 16.9 Å². The number of nitrogens with zero attached hydrogens (tertiary/aromatic N) is 7. The van der Waals surface area contributed by atoms with Crippen molar-refractivity contribution in [3.63, 3.8) is 0 Å². The third-order valence-electron chi connectivity index (χ3n) is 4.14. The van der Waals surface area contributed by atoms with Crippen molar-refractivity contribution in [3.05, 3.63) is 30.5 Å². The third-order valence-corrected chi connectivity index (χ3v) is 4.14. The van der Waals surface area contributed by atoms with Crippen molar-refractivity contribution in [2.24, 2.45) is 14.1 Å². The van der Waals surface area contributed by atoms with Gasteiger partial charge >= 0.3 is 0 Å². The number of hydrogen-bond acceptors (Lipinski definition) is 5. The lowest BCUT2D eigenvalue weighted by Gasteiger charge is -2.25. The summed E-state index contributed by atoms with van der Waals surface area (Å²) in [6.45, 7) is 1.00. The Kier molecular flexibility index (Phi) is 2.66. The van der Waals surface area contributed by atoms with Crippen LogP contribution in [0.5, 0.6) is 0 Å². The van der Waals surface area contributed by atoms with Crippen LogP contribution >= 0.6 is 0 Å². The monoisotopic (exact) mass is 283 g/mol. The molecule has 0 unspecified atom stereocenters. The normalized spacial score (nSPS) is 18.8. The minimum Gasteiger partial charge on any atom is -0.349 e. The molecular weight excluding hydrogens is 266 g/mol. The summed E-state index contributed by atoms with van der Waals surface area (Å²) < 4.78 is 3.64. The van der Waals surface area contributed by atoms with E-state index in [9.17, 15) is 0 Å². The Bertz CT molecular complexity index is 788. The zero-order chi connectivity index (χ0) is 14.4. The van der Waals surface area contributed by atoms with E-state index in [0.717, 1.165) is 36.2 Å². The van der Waals surface area contributed by atoms with Crippen molar-refractivity contribution in [3.8, 4) is 0 Å². The number of aromatic nitrogens is 6. The lowest BCUT2D eigenvalue weighted by molar-refractivity contribution is 0.709. The second-order valence-electron chi connectivity index (χ2n) is 5.50. The molecule has 3 aromatic heterocycles. The first-order chi connectivity index (χ1) is 10.2. The van der Waals surface area contributed by atoms with E-state index in [1.54, 1.807) is 11.0 Å². The first-order valence-electron chi connectivity index (χ1n) is 7.12. The molecule has 0 N–H and O–H groups in total. The van der Waals surface area contributed by atoms with Gasteiger partial charge in [0, 0.05) is 32.4 Å². The zero-order valence-electron chi connectivity index (χ0n) is 12.1. The molecule has 0 spiro atoms. The minimum atomic E-state index is 0.331. The molecule has 1 saturated heterocycles. The predicted molar refractivity (Wildman–Crippen MR) is 78.8 cm³/mol. The van der Waals surface area contributed by atoms with Crippen LogP contribution in [0.25, 0.3) is 11.0 Å². The Morgan fingerprint density at radius 1 is 1.14 bits per heavy atom. The van der Waals surface area contributed by atoms with Gasteiger partial charge in [0.1, 0.15) is 12.1 Å². The van der Waals surface area contributed by atoms with Crippen molar-refractivity contribution in [1.82, 2.24) is 29.5 Å². The SMILES string of the molecule is Cn1cc([C@H]2CCCN2c2ncnc3c2cnn3C)cn1. The summed E-state index contributed by atoms with van der Waals surface area (Å²) in [5.74, 6) is 0.972. The maximum atomic E-state index is 4.52. The second kappa shape index (κ2) is 4.54. The van der Waals surface area contributed by atoms with Crippen LogP contribution in [-0.4, -0.2) is 36.1 Å². The highest BCUT2D eigenvalue weighted by Crippen LogP contribution is 2.37. The highest BCUT2D eigenvalue weighted by Gasteiger charge is 2.29. The smallest absolute Gasteiger partial charge is 0.163 e. The van der Waals surface area contributed by atoms with Gasteiger partial charge in [-0.15, -0.1) is 0 Å². The highest BCUT2D eigenvalue weighted by molar-refractivity contribution is 5.86. The fraction of sp³-hybridized carbons (Fsp3) is 0.429. The maximum Gasteiger partial charge on any atom is 0.163 e. The molecule has 0 aromatic carbocycles. The summed E-state index contributed by atoms with van der Waals surface area (Å²) in [6, 6.07) is 0.331. The van der Waals surface area contributed by atoms with E-state index in [-0.39, 0.29) is 0 Å². The Morgan fingerprint density at radius 2 is 2.05 bits per heavy atom. The van der Waals surface area contributed by atoms with Gasteiger partial charge in [-0.2, -0.15) is 10.2 Å². The molecular formula is C14H17N7. The molecule has 0 amide bonds. The number of rotatable bonds is 2. The van der Waals surface area contributed by atoms with Crippen LogP contribution in [0.4, 0.5) is 5.82 Å². The minimum absolute atomic E-state index is 0.331. The molecule has 3 aromatic rings. The fourth-order valence-corrected chi connectivity index (χ4v) is 3.16. The van der Waals surface area contributed by atoms with Crippen molar-refractivity contribution in [2.45, 2.75) is 18.9 Å². The second-order valence-corrected chi connectivity index (χ2v) is 5.50. The Balaban J connectivity index is 1.80. The first-order valence-corrected chi connectivity index (χ1v) is 7.12. The standard InChI is InChI=1S/C14H17N7/c1-19-8-10(6-17-19)12-4-3-5-21(12)14-11-7-18-20(2)13(11)15-9-16-14/h6-9,12H,3-5H2,1-2H3/t12-/m1/s1. The van der Waals surface area contributed by atoms with Crippen molar-refractivity contribution < 1.29 is 0 Å². The van der Waals surface area contributed by atoms with Gasteiger partial charge in [0.15, 0.2) is 5.65 Å². The van der Waals surface area contributed by atoms with Crippen molar-refractivity contribution in [2.75, 3.05) is 11.4 Å². The van der Waals surface area contributed by atoms with E-state index < -0.39 is 0 Å². The topological polar surface area (TPSA) is 64.7 Å². The Labute approximate surface area is 122 Å². The van der Waals surface area contributed by atoms with E-state index in [4.69, 9.17) is 0 Å². The molecule has 7 heteroatoms. The van der Waals surface area contributed by atoms with Gasteiger partial charge in [0.25, 0.3) is 0 Å². The largest absolute Gasteiger partial charge is 0.349 e. The molecule has 1 fully saturated rings. The van der Waals surface area contributed by atoms with Gasteiger partial charge < -0.3 is 4.90 Å². The summed E-state index contributed by atoms with van der Waals surface area (Å²) in [7, 11) is 3.86. The van der Waals surface area contributed by atoms with E-state index >= 15 is 0 Å². The number of anilines is 1. The maximum absolute atomic E-state index is 4.52. The van der Waals surface area contributed by atoms with Crippen LogP contribution in [0.1, 0.15) is 24.4 Å². The Morgan fingerprint density at radius 3 is 2.86 bits per heavy atom. The van der Waals surface area contributed by atoms with Crippen LogP contribution in [-0.2, 0) is 14.1 Å². The number of fused-ring (bicyclic) bond motifs is 1.